The standard InChI is InChI=1S/C22H17N3O4/c1-13-4-3-5-15(8-13)22-24-19-11-17(6-7-20(19)29-22)23-12-16-10-18(25(27)28)9-14(2)21(16)26/h3-12,26H,1-2H3. The fourth-order valence-corrected chi connectivity index (χ4v) is 3.03. The highest BCUT2D eigenvalue weighted by atomic mass is 16.6. The van der Waals surface area contributed by atoms with Gasteiger partial charge in [0.15, 0.2) is 5.58 Å². The zero-order valence-corrected chi connectivity index (χ0v) is 15.8. The number of hydrogen-bond donors (Lipinski definition) is 1. The van der Waals surface area contributed by atoms with Gasteiger partial charge in [0.1, 0.15) is 11.3 Å². The molecule has 1 aromatic heterocycles. The van der Waals surface area contributed by atoms with Crippen molar-refractivity contribution >= 4 is 28.7 Å². The number of oxazole rings is 1. The summed E-state index contributed by atoms with van der Waals surface area (Å²) in [7, 11) is 0. The zero-order valence-electron chi connectivity index (χ0n) is 15.8. The number of phenolic OH excluding ortho intramolecular Hbond substituents is 1. The molecule has 0 fully saturated rings. The number of nitrogens with zero attached hydrogens (tertiary/aromatic N) is 3. The first kappa shape index (κ1) is 18.4. The molecule has 0 saturated carbocycles. The van der Waals surface area contributed by atoms with E-state index in [1.165, 1.54) is 18.3 Å². The summed E-state index contributed by atoms with van der Waals surface area (Å²) in [4.78, 5) is 19.4. The van der Waals surface area contributed by atoms with Crippen LogP contribution in [0.25, 0.3) is 22.6 Å². The number of non-ortho nitro benzene ring substituents is 1. The van der Waals surface area contributed by atoms with Gasteiger partial charge >= 0.3 is 0 Å². The van der Waals surface area contributed by atoms with Gasteiger partial charge in [-0.05, 0) is 49.7 Å². The van der Waals surface area contributed by atoms with Gasteiger partial charge in [0.05, 0.1) is 10.6 Å². The third-order valence-electron chi connectivity index (χ3n) is 4.51. The van der Waals surface area contributed by atoms with Crippen LogP contribution in [0, 0.1) is 24.0 Å². The van der Waals surface area contributed by atoms with E-state index in [1.807, 2.05) is 31.2 Å². The second kappa shape index (κ2) is 7.20. The maximum Gasteiger partial charge on any atom is 0.270 e. The molecule has 144 valence electrons. The first-order valence-corrected chi connectivity index (χ1v) is 8.90. The van der Waals surface area contributed by atoms with Crippen LogP contribution in [-0.2, 0) is 0 Å². The van der Waals surface area contributed by atoms with E-state index in [-0.39, 0.29) is 17.0 Å². The monoisotopic (exact) mass is 387 g/mol. The predicted octanol–water partition coefficient (Wildman–Crippen LogP) is 5.48. The molecule has 0 radical (unpaired) electrons. The summed E-state index contributed by atoms with van der Waals surface area (Å²) in [5, 5.41) is 21.2. The van der Waals surface area contributed by atoms with Crippen molar-refractivity contribution in [2.24, 2.45) is 4.99 Å². The average Bonchev–Trinajstić information content (AvgIpc) is 3.12. The van der Waals surface area contributed by atoms with Gasteiger partial charge in [-0.1, -0.05) is 17.7 Å². The molecule has 0 bridgehead atoms. The van der Waals surface area contributed by atoms with E-state index in [0.717, 1.165) is 11.1 Å². The Morgan fingerprint density at radius 1 is 1.14 bits per heavy atom. The lowest BCUT2D eigenvalue weighted by atomic mass is 10.1. The van der Waals surface area contributed by atoms with Crippen molar-refractivity contribution in [3.05, 3.63) is 81.4 Å². The molecule has 1 N–H and O–H groups in total. The molecule has 0 aliphatic heterocycles. The molecule has 3 aromatic carbocycles. The SMILES string of the molecule is Cc1cccc(-c2nc3cc(N=Cc4cc([N+](=O)[O-])cc(C)c4O)ccc3o2)c1. The maximum absolute atomic E-state index is 11.0. The number of aromatic hydroxyl groups is 1. The number of nitro groups is 1. The van der Waals surface area contributed by atoms with Gasteiger partial charge in [0.25, 0.3) is 5.69 Å². The Balaban J connectivity index is 1.68. The second-order valence-electron chi connectivity index (χ2n) is 6.76. The molecule has 0 aliphatic rings. The van der Waals surface area contributed by atoms with E-state index in [9.17, 15) is 15.2 Å². The lowest BCUT2D eigenvalue weighted by molar-refractivity contribution is -0.384. The third-order valence-corrected chi connectivity index (χ3v) is 4.51. The van der Waals surface area contributed by atoms with Crippen molar-refractivity contribution in [2.75, 3.05) is 0 Å². The number of benzene rings is 3. The fraction of sp³-hybridized carbons (Fsp3) is 0.0909. The van der Waals surface area contributed by atoms with Crippen molar-refractivity contribution in [2.45, 2.75) is 13.8 Å². The van der Waals surface area contributed by atoms with Crippen molar-refractivity contribution in [1.29, 1.82) is 0 Å². The normalized spacial score (nSPS) is 11.4. The summed E-state index contributed by atoms with van der Waals surface area (Å²) in [5.74, 6) is 0.486. The minimum Gasteiger partial charge on any atom is -0.507 e. The molecular weight excluding hydrogens is 370 g/mol. The Morgan fingerprint density at radius 2 is 1.97 bits per heavy atom. The Kier molecular flexibility index (Phi) is 4.56. The average molecular weight is 387 g/mol. The van der Waals surface area contributed by atoms with Gasteiger partial charge in [-0.3, -0.25) is 15.1 Å². The molecule has 0 atom stereocenters. The van der Waals surface area contributed by atoms with Gasteiger partial charge in [0, 0.05) is 29.5 Å². The summed E-state index contributed by atoms with van der Waals surface area (Å²) in [6.45, 7) is 3.61. The molecule has 1 heterocycles. The van der Waals surface area contributed by atoms with Crippen molar-refractivity contribution in [3.63, 3.8) is 0 Å². The number of hydrogen-bond acceptors (Lipinski definition) is 6. The summed E-state index contributed by atoms with van der Waals surface area (Å²) >= 11 is 0. The Morgan fingerprint density at radius 3 is 2.72 bits per heavy atom. The molecule has 0 spiro atoms. The van der Waals surface area contributed by atoms with Crippen LogP contribution in [-0.4, -0.2) is 21.2 Å². The van der Waals surface area contributed by atoms with Crippen LogP contribution in [0.5, 0.6) is 5.75 Å². The van der Waals surface area contributed by atoms with Gasteiger partial charge in [-0.15, -0.1) is 0 Å². The minimum absolute atomic E-state index is 0.0383. The van der Waals surface area contributed by atoms with Crippen LogP contribution in [0.4, 0.5) is 11.4 Å². The van der Waals surface area contributed by atoms with Crippen molar-refractivity contribution in [3.8, 4) is 17.2 Å². The number of aryl methyl sites for hydroxylation is 2. The highest BCUT2D eigenvalue weighted by Crippen LogP contribution is 2.29. The molecular formula is C22H17N3O4. The lowest BCUT2D eigenvalue weighted by Crippen LogP contribution is -1.93. The van der Waals surface area contributed by atoms with E-state index in [1.54, 1.807) is 25.1 Å². The van der Waals surface area contributed by atoms with Crippen LogP contribution in [0.1, 0.15) is 16.7 Å². The summed E-state index contributed by atoms with van der Waals surface area (Å²) < 4.78 is 5.83. The van der Waals surface area contributed by atoms with Gasteiger partial charge in [0.2, 0.25) is 5.89 Å². The number of fused-ring (bicyclic) bond motifs is 1. The third kappa shape index (κ3) is 3.70. The molecule has 0 amide bonds. The lowest BCUT2D eigenvalue weighted by Gasteiger charge is -2.03. The van der Waals surface area contributed by atoms with Gasteiger partial charge < -0.3 is 9.52 Å². The van der Waals surface area contributed by atoms with E-state index < -0.39 is 4.92 Å². The molecule has 4 rings (SSSR count). The first-order chi connectivity index (χ1) is 13.9. The molecule has 7 heteroatoms. The number of aliphatic imine (C=N–C) groups is 1. The second-order valence-corrected chi connectivity index (χ2v) is 6.76. The summed E-state index contributed by atoms with van der Waals surface area (Å²) in [6, 6.07) is 15.8. The van der Waals surface area contributed by atoms with Crippen molar-refractivity contribution < 1.29 is 14.4 Å². The molecule has 0 saturated heterocycles. The molecule has 4 aromatic rings. The quantitative estimate of drug-likeness (QED) is 0.284. The fourth-order valence-electron chi connectivity index (χ4n) is 3.03. The predicted molar refractivity (Wildman–Crippen MR) is 111 cm³/mol. The number of nitro benzene ring substituents is 1. The Labute approximate surface area is 166 Å². The zero-order chi connectivity index (χ0) is 20.5. The largest absolute Gasteiger partial charge is 0.507 e. The molecule has 0 aliphatic carbocycles. The van der Waals surface area contributed by atoms with E-state index in [0.29, 0.717) is 28.2 Å². The van der Waals surface area contributed by atoms with Gasteiger partial charge in [-0.2, -0.15) is 0 Å². The molecule has 7 nitrogen and oxygen atoms in total. The van der Waals surface area contributed by atoms with Crippen LogP contribution in [0.3, 0.4) is 0 Å². The maximum atomic E-state index is 11.0. The Bertz CT molecular complexity index is 1270. The van der Waals surface area contributed by atoms with E-state index in [4.69, 9.17) is 4.42 Å². The molecule has 0 unspecified atom stereocenters. The summed E-state index contributed by atoms with van der Waals surface area (Å²) in [5.41, 5.74) is 4.46. The van der Waals surface area contributed by atoms with E-state index in [2.05, 4.69) is 9.98 Å². The first-order valence-electron chi connectivity index (χ1n) is 8.90. The van der Waals surface area contributed by atoms with Crippen LogP contribution >= 0.6 is 0 Å². The highest BCUT2D eigenvalue weighted by molar-refractivity contribution is 5.88. The van der Waals surface area contributed by atoms with Crippen LogP contribution in [0.15, 0.2) is 64.0 Å². The van der Waals surface area contributed by atoms with Crippen LogP contribution < -0.4 is 0 Å². The number of aromatic nitrogens is 1. The van der Waals surface area contributed by atoms with E-state index >= 15 is 0 Å². The smallest absolute Gasteiger partial charge is 0.270 e. The van der Waals surface area contributed by atoms with Crippen LogP contribution in [0.2, 0.25) is 0 Å². The highest BCUT2D eigenvalue weighted by Gasteiger charge is 2.13. The number of phenols is 1. The topological polar surface area (TPSA) is 102 Å². The van der Waals surface area contributed by atoms with Crippen molar-refractivity contribution in [1.82, 2.24) is 4.98 Å². The minimum atomic E-state index is -0.502. The molecule has 29 heavy (non-hydrogen) atoms. The Hall–Kier alpha value is -4.00. The summed E-state index contributed by atoms with van der Waals surface area (Å²) in [6.07, 6.45) is 1.40. The van der Waals surface area contributed by atoms with Gasteiger partial charge in [-0.25, -0.2) is 4.98 Å². The number of rotatable bonds is 4.